The van der Waals surface area contributed by atoms with E-state index < -0.39 is 0 Å². The summed E-state index contributed by atoms with van der Waals surface area (Å²) < 4.78 is 5.12. The van der Waals surface area contributed by atoms with E-state index >= 15 is 0 Å². The Morgan fingerprint density at radius 3 is 2.27 bits per heavy atom. The third kappa shape index (κ3) is 4.88. The SMILES string of the molecule is CCO/C=C/C(C)C(C)(C)C. The van der Waals surface area contributed by atoms with Crippen molar-refractivity contribution >= 4 is 0 Å². The number of rotatable bonds is 3. The molecule has 0 aliphatic carbocycles. The molecular weight excluding hydrogens is 136 g/mol. The van der Waals surface area contributed by atoms with Gasteiger partial charge in [0.25, 0.3) is 0 Å². The van der Waals surface area contributed by atoms with Crippen LogP contribution in [0, 0.1) is 11.3 Å². The van der Waals surface area contributed by atoms with E-state index in [0.29, 0.717) is 11.3 Å². The quantitative estimate of drug-likeness (QED) is 0.570. The van der Waals surface area contributed by atoms with Gasteiger partial charge in [-0.1, -0.05) is 27.7 Å². The van der Waals surface area contributed by atoms with Gasteiger partial charge in [0.2, 0.25) is 0 Å². The van der Waals surface area contributed by atoms with Crippen LogP contribution in [0.15, 0.2) is 12.3 Å². The summed E-state index contributed by atoms with van der Waals surface area (Å²) in [6, 6.07) is 0. The average molecular weight is 156 g/mol. The van der Waals surface area contributed by atoms with Crippen LogP contribution in [-0.2, 0) is 4.74 Å². The molecule has 0 rings (SSSR count). The molecule has 0 saturated heterocycles. The molecule has 0 fully saturated rings. The highest BCUT2D eigenvalue weighted by Gasteiger charge is 2.16. The van der Waals surface area contributed by atoms with Crippen molar-refractivity contribution in [2.75, 3.05) is 6.61 Å². The summed E-state index contributed by atoms with van der Waals surface area (Å²) in [7, 11) is 0. The van der Waals surface area contributed by atoms with Crippen molar-refractivity contribution in [3.8, 4) is 0 Å². The Hall–Kier alpha value is -0.460. The lowest BCUT2D eigenvalue weighted by Crippen LogP contribution is -2.14. The molecule has 0 aromatic heterocycles. The predicted molar refractivity (Wildman–Crippen MR) is 49.4 cm³/mol. The number of hydrogen-bond donors (Lipinski definition) is 0. The minimum absolute atomic E-state index is 0.341. The first-order valence-electron chi connectivity index (χ1n) is 4.26. The van der Waals surface area contributed by atoms with Gasteiger partial charge in [0.1, 0.15) is 0 Å². The van der Waals surface area contributed by atoms with Gasteiger partial charge in [-0.25, -0.2) is 0 Å². The van der Waals surface area contributed by atoms with Crippen molar-refractivity contribution in [3.63, 3.8) is 0 Å². The van der Waals surface area contributed by atoms with E-state index in [0.717, 1.165) is 6.61 Å². The van der Waals surface area contributed by atoms with Crippen LogP contribution in [0.25, 0.3) is 0 Å². The van der Waals surface area contributed by atoms with E-state index in [1.54, 1.807) is 6.26 Å². The third-order valence-electron chi connectivity index (χ3n) is 2.00. The fourth-order valence-electron chi connectivity index (χ4n) is 0.558. The zero-order valence-electron chi connectivity index (χ0n) is 8.35. The van der Waals surface area contributed by atoms with E-state index in [1.165, 1.54) is 0 Å². The summed E-state index contributed by atoms with van der Waals surface area (Å²) in [6.45, 7) is 11.6. The van der Waals surface area contributed by atoms with Gasteiger partial charge in [0.15, 0.2) is 0 Å². The fraction of sp³-hybridized carbons (Fsp3) is 0.800. The van der Waals surface area contributed by atoms with Crippen molar-refractivity contribution < 1.29 is 4.74 Å². The van der Waals surface area contributed by atoms with Crippen LogP contribution in [0.4, 0.5) is 0 Å². The van der Waals surface area contributed by atoms with Crippen molar-refractivity contribution in [3.05, 3.63) is 12.3 Å². The van der Waals surface area contributed by atoms with Crippen LogP contribution in [0.1, 0.15) is 34.6 Å². The van der Waals surface area contributed by atoms with E-state index in [4.69, 9.17) is 4.74 Å². The molecule has 1 nitrogen and oxygen atoms in total. The minimum atomic E-state index is 0.341. The highest BCUT2D eigenvalue weighted by molar-refractivity contribution is 4.87. The Kier molecular flexibility index (Phi) is 4.24. The largest absolute Gasteiger partial charge is 0.502 e. The summed E-state index contributed by atoms with van der Waals surface area (Å²) in [4.78, 5) is 0. The second-order valence-electron chi connectivity index (χ2n) is 3.94. The molecule has 66 valence electrons. The Morgan fingerprint density at radius 1 is 1.36 bits per heavy atom. The summed E-state index contributed by atoms with van der Waals surface area (Å²) in [6.07, 6.45) is 3.92. The van der Waals surface area contributed by atoms with Crippen LogP contribution < -0.4 is 0 Å². The van der Waals surface area contributed by atoms with Gasteiger partial charge >= 0.3 is 0 Å². The van der Waals surface area contributed by atoms with Gasteiger partial charge in [-0.05, 0) is 24.3 Å². The van der Waals surface area contributed by atoms with Crippen LogP contribution in [0.2, 0.25) is 0 Å². The number of ether oxygens (including phenoxy) is 1. The maximum Gasteiger partial charge on any atom is 0.0845 e. The molecule has 1 atom stereocenters. The molecule has 0 radical (unpaired) electrons. The van der Waals surface area contributed by atoms with Crippen LogP contribution in [-0.4, -0.2) is 6.61 Å². The lowest BCUT2D eigenvalue weighted by atomic mass is 9.82. The van der Waals surface area contributed by atoms with Crippen molar-refractivity contribution in [1.82, 2.24) is 0 Å². The summed E-state index contributed by atoms with van der Waals surface area (Å²) in [5, 5.41) is 0. The molecule has 0 aromatic rings. The van der Waals surface area contributed by atoms with Gasteiger partial charge in [0, 0.05) is 0 Å². The molecule has 0 aliphatic rings. The molecule has 0 N–H and O–H groups in total. The second kappa shape index (κ2) is 4.42. The summed E-state index contributed by atoms with van der Waals surface area (Å²) >= 11 is 0. The second-order valence-corrected chi connectivity index (χ2v) is 3.94. The first kappa shape index (κ1) is 10.5. The Labute approximate surface area is 70.4 Å². The normalized spacial score (nSPS) is 15.4. The maximum absolute atomic E-state index is 5.12. The number of hydrogen-bond acceptors (Lipinski definition) is 1. The van der Waals surface area contributed by atoms with Gasteiger partial charge < -0.3 is 4.74 Å². The highest BCUT2D eigenvalue weighted by atomic mass is 16.5. The molecule has 0 bridgehead atoms. The third-order valence-corrected chi connectivity index (χ3v) is 2.00. The zero-order chi connectivity index (χ0) is 8.91. The molecule has 0 aromatic carbocycles. The first-order chi connectivity index (χ1) is 4.98. The molecule has 0 amide bonds. The maximum atomic E-state index is 5.12. The lowest BCUT2D eigenvalue weighted by molar-refractivity contribution is 0.255. The highest BCUT2D eigenvalue weighted by Crippen LogP contribution is 2.25. The Bertz CT molecular complexity index is 119. The molecule has 11 heavy (non-hydrogen) atoms. The van der Waals surface area contributed by atoms with E-state index in [-0.39, 0.29) is 0 Å². The topological polar surface area (TPSA) is 9.23 Å². The van der Waals surface area contributed by atoms with E-state index in [2.05, 4.69) is 33.8 Å². The molecule has 1 unspecified atom stereocenters. The minimum Gasteiger partial charge on any atom is -0.502 e. The van der Waals surface area contributed by atoms with Gasteiger partial charge in [-0.15, -0.1) is 0 Å². The number of allylic oxidation sites excluding steroid dienone is 1. The van der Waals surface area contributed by atoms with Crippen molar-refractivity contribution in [1.29, 1.82) is 0 Å². The molecule has 0 saturated carbocycles. The zero-order valence-corrected chi connectivity index (χ0v) is 8.35. The Balaban J connectivity index is 3.77. The monoisotopic (exact) mass is 156 g/mol. The molecule has 0 spiro atoms. The van der Waals surface area contributed by atoms with Crippen LogP contribution in [0.5, 0.6) is 0 Å². The van der Waals surface area contributed by atoms with Crippen molar-refractivity contribution in [2.24, 2.45) is 11.3 Å². The molecule has 0 heterocycles. The van der Waals surface area contributed by atoms with Crippen molar-refractivity contribution in [2.45, 2.75) is 34.6 Å². The molecule has 1 heteroatoms. The van der Waals surface area contributed by atoms with E-state index in [1.807, 2.05) is 6.92 Å². The standard InChI is InChI=1S/C10H20O/c1-6-11-8-7-9(2)10(3,4)5/h7-9H,6H2,1-5H3/b8-7+. The molecule has 0 aliphatic heterocycles. The lowest BCUT2D eigenvalue weighted by Gasteiger charge is -2.23. The summed E-state index contributed by atoms with van der Waals surface area (Å²) in [5.41, 5.74) is 0.341. The molecular formula is C10H20O. The first-order valence-corrected chi connectivity index (χ1v) is 4.26. The van der Waals surface area contributed by atoms with E-state index in [9.17, 15) is 0 Å². The van der Waals surface area contributed by atoms with Crippen LogP contribution in [0.3, 0.4) is 0 Å². The smallest absolute Gasteiger partial charge is 0.0845 e. The fourth-order valence-corrected chi connectivity index (χ4v) is 0.558. The van der Waals surface area contributed by atoms with Gasteiger partial charge in [-0.2, -0.15) is 0 Å². The Morgan fingerprint density at radius 2 is 1.91 bits per heavy atom. The van der Waals surface area contributed by atoms with Crippen LogP contribution >= 0.6 is 0 Å². The summed E-state index contributed by atoms with van der Waals surface area (Å²) in [5.74, 6) is 0.564. The van der Waals surface area contributed by atoms with Gasteiger partial charge in [-0.3, -0.25) is 0 Å². The average Bonchev–Trinajstić information content (AvgIpc) is 1.86. The van der Waals surface area contributed by atoms with Gasteiger partial charge in [0.05, 0.1) is 12.9 Å². The predicted octanol–water partition coefficient (Wildman–Crippen LogP) is 3.22.